The van der Waals surface area contributed by atoms with Crippen molar-refractivity contribution in [1.29, 1.82) is 0 Å². The number of aromatic nitrogens is 3. The Morgan fingerprint density at radius 2 is 2.15 bits per heavy atom. The molecule has 0 aliphatic heterocycles. The van der Waals surface area contributed by atoms with Crippen LogP contribution in [0.5, 0.6) is 0 Å². The molecule has 1 atom stereocenters. The lowest BCUT2D eigenvalue weighted by molar-refractivity contribution is 0.417. The standard InChI is InChI=1S/C9H18N4/c1-7(2)8(3)10-5-9-11-6-12-13(9)4/h6-8,10H,5H2,1-4H3. The Balaban J connectivity index is 2.39. The van der Waals surface area contributed by atoms with Crippen LogP contribution in [0.3, 0.4) is 0 Å². The molecule has 0 saturated carbocycles. The fraction of sp³-hybridized carbons (Fsp3) is 0.778. The maximum Gasteiger partial charge on any atom is 0.140 e. The van der Waals surface area contributed by atoms with Crippen molar-refractivity contribution in [2.24, 2.45) is 13.0 Å². The second-order valence-corrected chi connectivity index (χ2v) is 3.71. The van der Waals surface area contributed by atoms with Crippen LogP contribution in [-0.4, -0.2) is 20.8 Å². The van der Waals surface area contributed by atoms with Crippen molar-refractivity contribution in [1.82, 2.24) is 20.1 Å². The van der Waals surface area contributed by atoms with Crippen LogP contribution in [0.25, 0.3) is 0 Å². The molecule has 0 amide bonds. The van der Waals surface area contributed by atoms with Crippen LogP contribution in [0, 0.1) is 5.92 Å². The molecule has 1 aromatic heterocycles. The Kier molecular flexibility index (Phi) is 3.42. The lowest BCUT2D eigenvalue weighted by atomic mass is 10.1. The molecule has 0 radical (unpaired) electrons. The molecule has 0 saturated heterocycles. The third-order valence-corrected chi connectivity index (χ3v) is 2.39. The molecule has 0 aliphatic carbocycles. The molecule has 1 N–H and O–H groups in total. The summed E-state index contributed by atoms with van der Waals surface area (Å²) in [6.45, 7) is 7.37. The molecule has 1 aromatic rings. The maximum absolute atomic E-state index is 4.14. The van der Waals surface area contributed by atoms with E-state index in [9.17, 15) is 0 Å². The first-order chi connectivity index (χ1) is 6.11. The van der Waals surface area contributed by atoms with Gasteiger partial charge in [-0.2, -0.15) is 5.10 Å². The summed E-state index contributed by atoms with van der Waals surface area (Å²) in [5, 5.41) is 7.41. The second-order valence-electron chi connectivity index (χ2n) is 3.71. The van der Waals surface area contributed by atoms with Gasteiger partial charge in [0.2, 0.25) is 0 Å². The van der Waals surface area contributed by atoms with Crippen molar-refractivity contribution in [2.75, 3.05) is 0 Å². The third-order valence-electron chi connectivity index (χ3n) is 2.39. The Hall–Kier alpha value is -0.900. The van der Waals surface area contributed by atoms with Crippen molar-refractivity contribution in [3.05, 3.63) is 12.2 Å². The fourth-order valence-corrected chi connectivity index (χ4v) is 0.968. The minimum Gasteiger partial charge on any atom is -0.307 e. The first-order valence-electron chi connectivity index (χ1n) is 4.67. The van der Waals surface area contributed by atoms with Crippen LogP contribution < -0.4 is 5.32 Å². The second kappa shape index (κ2) is 4.37. The predicted molar refractivity (Wildman–Crippen MR) is 52.1 cm³/mol. The number of nitrogens with zero attached hydrogens (tertiary/aromatic N) is 3. The molecule has 0 aliphatic rings. The maximum atomic E-state index is 4.14. The molecule has 0 spiro atoms. The van der Waals surface area contributed by atoms with Crippen molar-refractivity contribution in [3.63, 3.8) is 0 Å². The summed E-state index contributed by atoms with van der Waals surface area (Å²) in [5.41, 5.74) is 0. The molecule has 1 unspecified atom stereocenters. The van der Waals surface area contributed by atoms with E-state index in [1.54, 1.807) is 11.0 Å². The van der Waals surface area contributed by atoms with Crippen molar-refractivity contribution >= 4 is 0 Å². The number of hydrogen-bond acceptors (Lipinski definition) is 3. The van der Waals surface area contributed by atoms with E-state index in [0.717, 1.165) is 12.4 Å². The number of hydrogen-bond donors (Lipinski definition) is 1. The topological polar surface area (TPSA) is 42.7 Å². The molecule has 0 fully saturated rings. The highest BCUT2D eigenvalue weighted by molar-refractivity contribution is 4.83. The van der Waals surface area contributed by atoms with E-state index in [4.69, 9.17) is 0 Å². The molecule has 4 heteroatoms. The summed E-state index contributed by atoms with van der Waals surface area (Å²) >= 11 is 0. The van der Waals surface area contributed by atoms with Gasteiger partial charge < -0.3 is 5.32 Å². The summed E-state index contributed by atoms with van der Waals surface area (Å²) in [7, 11) is 1.91. The minimum absolute atomic E-state index is 0.511. The van der Waals surface area contributed by atoms with Crippen LogP contribution in [0.1, 0.15) is 26.6 Å². The van der Waals surface area contributed by atoms with E-state index in [2.05, 4.69) is 36.2 Å². The molecule has 4 nitrogen and oxygen atoms in total. The van der Waals surface area contributed by atoms with Gasteiger partial charge in [0.25, 0.3) is 0 Å². The minimum atomic E-state index is 0.511. The van der Waals surface area contributed by atoms with Gasteiger partial charge in [0, 0.05) is 13.1 Å². The van der Waals surface area contributed by atoms with Gasteiger partial charge in [-0.3, -0.25) is 4.68 Å². The van der Waals surface area contributed by atoms with Gasteiger partial charge >= 0.3 is 0 Å². The lowest BCUT2D eigenvalue weighted by Crippen LogP contribution is -2.31. The van der Waals surface area contributed by atoms with E-state index >= 15 is 0 Å². The van der Waals surface area contributed by atoms with Crippen LogP contribution >= 0.6 is 0 Å². The largest absolute Gasteiger partial charge is 0.307 e. The Morgan fingerprint density at radius 1 is 1.46 bits per heavy atom. The summed E-state index contributed by atoms with van der Waals surface area (Å²) in [6.07, 6.45) is 1.58. The summed E-state index contributed by atoms with van der Waals surface area (Å²) < 4.78 is 1.79. The van der Waals surface area contributed by atoms with Gasteiger partial charge in [-0.1, -0.05) is 13.8 Å². The molecule has 0 bridgehead atoms. The molecule has 13 heavy (non-hydrogen) atoms. The van der Waals surface area contributed by atoms with E-state index in [-0.39, 0.29) is 0 Å². The SMILES string of the molecule is CC(C)C(C)NCc1ncnn1C. The van der Waals surface area contributed by atoms with E-state index < -0.39 is 0 Å². The van der Waals surface area contributed by atoms with Crippen molar-refractivity contribution in [3.8, 4) is 0 Å². The quantitative estimate of drug-likeness (QED) is 0.754. The van der Waals surface area contributed by atoms with Crippen LogP contribution in [0.2, 0.25) is 0 Å². The third kappa shape index (κ3) is 2.81. The highest BCUT2D eigenvalue weighted by atomic mass is 15.3. The number of rotatable bonds is 4. The van der Waals surface area contributed by atoms with Crippen molar-refractivity contribution in [2.45, 2.75) is 33.4 Å². The van der Waals surface area contributed by atoms with Gasteiger partial charge in [0.1, 0.15) is 12.2 Å². The monoisotopic (exact) mass is 182 g/mol. The summed E-state index contributed by atoms with van der Waals surface area (Å²) in [5.74, 6) is 1.63. The summed E-state index contributed by atoms with van der Waals surface area (Å²) in [6, 6.07) is 0.511. The highest BCUT2D eigenvalue weighted by Gasteiger charge is 2.07. The first-order valence-corrected chi connectivity index (χ1v) is 4.67. The van der Waals surface area contributed by atoms with E-state index in [1.165, 1.54) is 0 Å². The zero-order valence-corrected chi connectivity index (χ0v) is 8.78. The normalized spacial score (nSPS) is 13.6. The molecule has 74 valence electrons. The van der Waals surface area contributed by atoms with Gasteiger partial charge in [-0.05, 0) is 12.8 Å². The van der Waals surface area contributed by atoms with Gasteiger partial charge in [0.15, 0.2) is 0 Å². The molecule has 1 rings (SSSR count). The first kappa shape index (κ1) is 10.2. The zero-order chi connectivity index (χ0) is 9.84. The number of nitrogens with one attached hydrogen (secondary N) is 1. The van der Waals surface area contributed by atoms with Gasteiger partial charge in [-0.25, -0.2) is 4.98 Å². The predicted octanol–water partition coefficient (Wildman–Crippen LogP) is 0.949. The van der Waals surface area contributed by atoms with E-state index in [0.29, 0.717) is 12.0 Å². The van der Waals surface area contributed by atoms with Gasteiger partial charge in [0.05, 0.1) is 6.54 Å². The average Bonchev–Trinajstić information content (AvgIpc) is 2.47. The Morgan fingerprint density at radius 3 is 2.62 bits per heavy atom. The highest BCUT2D eigenvalue weighted by Crippen LogP contribution is 2.00. The molecule has 1 heterocycles. The molecular weight excluding hydrogens is 164 g/mol. The van der Waals surface area contributed by atoms with Crippen molar-refractivity contribution < 1.29 is 0 Å². The van der Waals surface area contributed by atoms with E-state index in [1.807, 2.05) is 7.05 Å². The fourth-order valence-electron chi connectivity index (χ4n) is 0.968. The zero-order valence-electron chi connectivity index (χ0n) is 8.78. The summed E-state index contributed by atoms with van der Waals surface area (Å²) in [4.78, 5) is 4.14. The Labute approximate surface area is 79.4 Å². The Bertz CT molecular complexity index is 254. The molecular formula is C9H18N4. The van der Waals surface area contributed by atoms with Crippen LogP contribution in [0.4, 0.5) is 0 Å². The smallest absolute Gasteiger partial charge is 0.140 e. The van der Waals surface area contributed by atoms with Gasteiger partial charge in [-0.15, -0.1) is 0 Å². The lowest BCUT2D eigenvalue weighted by Gasteiger charge is -2.16. The number of aryl methyl sites for hydroxylation is 1. The average molecular weight is 182 g/mol. The molecule has 0 aromatic carbocycles. The van der Waals surface area contributed by atoms with Crippen LogP contribution in [0.15, 0.2) is 6.33 Å². The van der Waals surface area contributed by atoms with Crippen LogP contribution in [-0.2, 0) is 13.6 Å².